The van der Waals surface area contributed by atoms with Gasteiger partial charge in [-0.3, -0.25) is 9.69 Å². The zero-order valence-corrected chi connectivity index (χ0v) is 12.8. The van der Waals surface area contributed by atoms with Crippen LogP contribution in [0.1, 0.15) is 57.1 Å². The van der Waals surface area contributed by atoms with E-state index in [0.29, 0.717) is 12.8 Å². The van der Waals surface area contributed by atoms with Crippen molar-refractivity contribution in [3.63, 3.8) is 0 Å². The fraction of sp³-hybridized carbons (Fsp3) is 0.529. The van der Waals surface area contributed by atoms with Crippen LogP contribution in [0.2, 0.25) is 0 Å². The smallest absolute Gasteiger partial charge is 0.323 e. The molecule has 1 spiro atoms. The average Bonchev–Trinajstić information content (AvgIpc) is 2.67. The number of hydrogen-bond acceptors (Lipinski definition) is 2. The lowest BCUT2D eigenvalue weighted by Gasteiger charge is -2.27. The van der Waals surface area contributed by atoms with Gasteiger partial charge in [-0.25, -0.2) is 9.18 Å². The molecule has 3 amide bonds. The van der Waals surface area contributed by atoms with Gasteiger partial charge in [0.25, 0.3) is 5.91 Å². The van der Waals surface area contributed by atoms with Crippen LogP contribution < -0.4 is 5.32 Å². The molecule has 0 unspecified atom stereocenters. The first-order valence-corrected chi connectivity index (χ1v) is 7.95. The number of rotatable bonds is 2. The van der Waals surface area contributed by atoms with Gasteiger partial charge in [-0.05, 0) is 37.5 Å². The first kappa shape index (κ1) is 15.0. The topological polar surface area (TPSA) is 49.4 Å². The van der Waals surface area contributed by atoms with E-state index in [4.69, 9.17) is 0 Å². The number of nitrogens with one attached hydrogen (secondary N) is 1. The van der Waals surface area contributed by atoms with Crippen molar-refractivity contribution in [1.82, 2.24) is 10.2 Å². The van der Waals surface area contributed by atoms with Gasteiger partial charge in [0.1, 0.15) is 11.4 Å². The minimum Gasteiger partial charge on any atom is -0.323 e. The lowest BCUT2D eigenvalue weighted by atomic mass is 9.90. The van der Waals surface area contributed by atoms with Crippen LogP contribution in [0, 0.1) is 5.82 Å². The molecule has 1 aromatic carbocycles. The highest BCUT2D eigenvalue weighted by atomic mass is 19.1. The van der Waals surface area contributed by atoms with Crippen molar-refractivity contribution in [3.8, 4) is 0 Å². The summed E-state index contributed by atoms with van der Waals surface area (Å²) in [5.41, 5.74) is 0.0394. The van der Waals surface area contributed by atoms with Crippen LogP contribution in [0.5, 0.6) is 0 Å². The summed E-state index contributed by atoms with van der Waals surface area (Å²) < 4.78 is 13.1. The highest BCUT2D eigenvalue weighted by Crippen LogP contribution is 2.36. The zero-order chi connectivity index (χ0) is 15.7. The molecule has 1 aliphatic carbocycles. The molecule has 1 N–H and O–H groups in total. The van der Waals surface area contributed by atoms with Crippen molar-refractivity contribution in [1.29, 1.82) is 0 Å². The third-order valence-corrected chi connectivity index (χ3v) is 4.89. The van der Waals surface area contributed by atoms with Crippen LogP contribution in [0.4, 0.5) is 9.18 Å². The highest BCUT2D eigenvalue weighted by Gasteiger charge is 2.52. The van der Waals surface area contributed by atoms with Crippen LogP contribution in [0.15, 0.2) is 24.3 Å². The maximum absolute atomic E-state index is 13.1. The Morgan fingerprint density at radius 3 is 2.27 bits per heavy atom. The van der Waals surface area contributed by atoms with E-state index in [1.54, 1.807) is 19.1 Å². The molecule has 1 aliphatic heterocycles. The second-order valence-electron chi connectivity index (χ2n) is 6.33. The Labute approximate surface area is 129 Å². The van der Waals surface area contributed by atoms with Crippen molar-refractivity contribution in [2.24, 2.45) is 0 Å². The van der Waals surface area contributed by atoms with Gasteiger partial charge in [-0.15, -0.1) is 0 Å². The largest absolute Gasteiger partial charge is 0.325 e. The average molecular weight is 304 g/mol. The van der Waals surface area contributed by atoms with E-state index in [-0.39, 0.29) is 17.8 Å². The Hall–Kier alpha value is -1.91. The van der Waals surface area contributed by atoms with Crippen molar-refractivity contribution >= 4 is 11.9 Å². The predicted molar refractivity (Wildman–Crippen MR) is 80.6 cm³/mol. The number of hydrogen-bond donors (Lipinski definition) is 1. The van der Waals surface area contributed by atoms with Crippen molar-refractivity contribution < 1.29 is 14.0 Å². The normalized spacial score (nSPS) is 22.5. The second-order valence-corrected chi connectivity index (χ2v) is 6.33. The molecule has 1 saturated carbocycles. The third kappa shape index (κ3) is 2.49. The number of benzene rings is 1. The van der Waals surface area contributed by atoms with Crippen LogP contribution in [0.25, 0.3) is 0 Å². The first-order chi connectivity index (χ1) is 10.5. The van der Waals surface area contributed by atoms with Gasteiger partial charge in [-0.2, -0.15) is 0 Å². The van der Waals surface area contributed by atoms with E-state index in [2.05, 4.69) is 5.32 Å². The number of carbonyl (C=O) groups excluding carboxylic acids is 2. The molecule has 22 heavy (non-hydrogen) atoms. The summed E-state index contributed by atoms with van der Waals surface area (Å²) >= 11 is 0. The summed E-state index contributed by atoms with van der Waals surface area (Å²) in [7, 11) is 0. The Bertz CT molecular complexity index is 577. The SMILES string of the molecule is C[C@H](c1ccc(F)cc1)N1C(=O)NC2(CCCCCC2)C1=O. The molecule has 0 aromatic heterocycles. The zero-order valence-electron chi connectivity index (χ0n) is 12.8. The maximum atomic E-state index is 13.1. The quantitative estimate of drug-likeness (QED) is 0.850. The molecule has 1 heterocycles. The molecule has 4 nitrogen and oxygen atoms in total. The molecule has 2 fully saturated rings. The van der Waals surface area contributed by atoms with E-state index in [0.717, 1.165) is 31.2 Å². The number of carbonyl (C=O) groups is 2. The molecule has 1 saturated heterocycles. The second kappa shape index (κ2) is 5.71. The van der Waals surface area contributed by atoms with Crippen LogP contribution in [0.3, 0.4) is 0 Å². The number of halogens is 1. The first-order valence-electron chi connectivity index (χ1n) is 7.95. The molecular weight excluding hydrogens is 283 g/mol. The van der Waals surface area contributed by atoms with E-state index in [9.17, 15) is 14.0 Å². The summed E-state index contributed by atoms with van der Waals surface area (Å²) in [6.07, 6.45) is 5.57. The molecule has 0 bridgehead atoms. The minimum atomic E-state index is -0.720. The summed E-state index contributed by atoms with van der Waals surface area (Å²) in [5, 5.41) is 2.93. The maximum Gasteiger partial charge on any atom is 0.325 e. The molecule has 0 radical (unpaired) electrons. The van der Waals surface area contributed by atoms with Crippen LogP contribution in [-0.2, 0) is 4.79 Å². The fourth-order valence-corrected chi connectivity index (χ4v) is 3.55. The Balaban J connectivity index is 1.86. The molecule has 3 rings (SSSR count). The third-order valence-electron chi connectivity index (χ3n) is 4.89. The van der Waals surface area contributed by atoms with Gasteiger partial charge in [-0.1, -0.05) is 37.8 Å². The van der Waals surface area contributed by atoms with E-state index in [1.165, 1.54) is 17.0 Å². The Kier molecular flexibility index (Phi) is 3.89. The molecule has 1 atom stereocenters. The Morgan fingerprint density at radius 2 is 1.68 bits per heavy atom. The fourth-order valence-electron chi connectivity index (χ4n) is 3.55. The summed E-state index contributed by atoms with van der Waals surface area (Å²) in [5.74, 6) is -0.454. The van der Waals surface area contributed by atoms with Gasteiger partial charge in [0.05, 0.1) is 6.04 Å². The van der Waals surface area contributed by atoms with Crippen LogP contribution in [-0.4, -0.2) is 22.4 Å². The molecule has 118 valence electrons. The summed E-state index contributed by atoms with van der Waals surface area (Å²) in [6, 6.07) is 5.23. The van der Waals surface area contributed by atoms with Gasteiger partial charge in [0, 0.05) is 0 Å². The van der Waals surface area contributed by atoms with Crippen molar-refractivity contribution in [3.05, 3.63) is 35.6 Å². The van der Waals surface area contributed by atoms with E-state index < -0.39 is 11.6 Å². The van der Waals surface area contributed by atoms with Gasteiger partial charge in [0.2, 0.25) is 0 Å². The lowest BCUT2D eigenvalue weighted by Crippen LogP contribution is -2.46. The molecule has 1 aromatic rings. The number of nitrogens with zero attached hydrogens (tertiary/aromatic N) is 1. The Morgan fingerprint density at radius 1 is 1.09 bits per heavy atom. The number of imide groups is 1. The predicted octanol–water partition coefficient (Wildman–Crippen LogP) is 3.53. The van der Waals surface area contributed by atoms with Gasteiger partial charge in [0.15, 0.2) is 0 Å². The van der Waals surface area contributed by atoms with E-state index in [1.807, 2.05) is 0 Å². The van der Waals surface area contributed by atoms with Gasteiger partial charge >= 0.3 is 6.03 Å². The molecule has 2 aliphatic rings. The standard InChI is InChI=1S/C17H21FN2O2/c1-12(13-6-8-14(18)9-7-13)20-15(21)17(19-16(20)22)10-4-2-3-5-11-17/h6-9,12H,2-5,10-11H2,1H3,(H,19,22)/t12-/m1/s1. The van der Waals surface area contributed by atoms with E-state index >= 15 is 0 Å². The monoisotopic (exact) mass is 304 g/mol. The minimum absolute atomic E-state index is 0.128. The summed E-state index contributed by atoms with van der Waals surface area (Å²) in [6.45, 7) is 1.81. The number of urea groups is 1. The summed E-state index contributed by atoms with van der Waals surface area (Å²) in [4.78, 5) is 26.6. The van der Waals surface area contributed by atoms with Crippen LogP contribution >= 0.6 is 0 Å². The van der Waals surface area contributed by atoms with Crippen molar-refractivity contribution in [2.75, 3.05) is 0 Å². The van der Waals surface area contributed by atoms with Crippen molar-refractivity contribution in [2.45, 2.75) is 57.0 Å². The van der Waals surface area contributed by atoms with Gasteiger partial charge < -0.3 is 5.32 Å². The molecular formula is C17H21FN2O2. The lowest BCUT2D eigenvalue weighted by molar-refractivity contribution is -0.133. The number of amides is 3. The molecule has 5 heteroatoms. The highest BCUT2D eigenvalue weighted by molar-refractivity contribution is 6.07.